The van der Waals surface area contributed by atoms with Crippen LogP contribution in [0.2, 0.25) is 0 Å². The number of hydrogen-bond donors (Lipinski definition) is 1. The molecule has 0 radical (unpaired) electrons. The average Bonchev–Trinajstić information content (AvgIpc) is 2.63. The van der Waals surface area contributed by atoms with Crippen LogP contribution in [0.3, 0.4) is 0 Å². The van der Waals surface area contributed by atoms with E-state index in [0.717, 1.165) is 0 Å². The third-order valence-electron chi connectivity index (χ3n) is 3.80. The third kappa shape index (κ3) is 3.26. The van der Waals surface area contributed by atoms with Crippen molar-refractivity contribution < 1.29 is 23.8 Å². The van der Waals surface area contributed by atoms with Crippen molar-refractivity contribution in [3.8, 4) is 22.8 Å². The van der Waals surface area contributed by atoms with E-state index >= 15 is 0 Å². The minimum Gasteiger partial charge on any atom is -0.497 e. The lowest BCUT2D eigenvalue weighted by Crippen LogP contribution is -2.15. The highest BCUT2D eigenvalue weighted by atomic mass is 16.5. The van der Waals surface area contributed by atoms with Crippen LogP contribution in [0.25, 0.3) is 22.3 Å². The summed E-state index contributed by atoms with van der Waals surface area (Å²) in [6.07, 6.45) is -0.255. The number of aromatic carboxylic acids is 1. The van der Waals surface area contributed by atoms with Crippen LogP contribution in [0.1, 0.15) is 24.2 Å². The van der Waals surface area contributed by atoms with Gasteiger partial charge in [0.2, 0.25) is 11.2 Å². The minimum absolute atomic E-state index is 0.0116. The Bertz CT molecular complexity index is 1010. The van der Waals surface area contributed by atoms with Crippen molar-refractivity contribution in [2.45, 2.75) is 20.0 Å². The molecule has 0 saturated heterocycles. The lowest BCUT2D eigenvalue weighted by atomic mass is 10.1. The molecule has 0 atom stereocenters. The molecular formula is C20H18O6. The highest BCUT2D eigenvalue weighted by Gasteiger charge is 2.20. The zero-order valence-electron chi connectivity index (χ0n) is 14.6. The summed E-state index contributed by atoms with van der Waals surface area (Å²) in [6, 6.07) is 11.2. The number of hydrogen-bond acceptors (Lipinski definition) is 5. The number of fused-ring (bicyclic) bond motifs is 1. The van der Waals surface area contributed by atoms with Crippen LogP contribution in [0.5, 0.6) is 11.5 Å². The van der Waals surface area contributed by atoms with Gasteiger partial charge in [0.05, 0.1) is 24.2 Å². The van der Waals surface area contributed by atoms with Crippen molar-refractivity contribution in [2.75, 3.05) is 7.11 Å². The van der Waals surface area contributed by atoms with Gasteiger partial charge in [0.15, 0.2) is 5.76 Å². The molecule has 0 amide bonds. The van der Waals surface area contributed by atoms with Crippen molar-refractivity contribution in [1.29, 1.82) is 0 Å². The summed E-state index contributed by atoms with van der Waals surface area (Å²) in [5.74, 6) is -0.0895. The van der Waals surface area contributed by atoms with Crippen LogP contribution in [-0.4, -0.2) is 24.3 Å². The van der Waals surface area contributed by atoms with Gasteiger partial charge in [-0.1, -0.05) is 0 Å². The number of carbonyl (C=O) groups is 1. The summed E-state index contributed by atoms with van der Waals surface area (Å²) < 4.78 is 16.8. The fourth-order valence-electron chi connectivity index (χ4n) is 2.59. The number of carboxylic acids is 1. The first-order valence-corrected chi connectivity index (χ1v) is 8.06. The van der Waals surface area contributed by atoms with E-state index < -0.39 is 11.4 Å². The van der Waals surface area contributed by atoms with Gasteiger partial charge in [-0.2, -0.15) is 0 Å². The first-order chi connectivity index (χ1) is 12.4. The standard InChI is InChI=1S/C20H18O6/c1-11(2)25-19-17(21)15-10-13(20(22)23)6-9-16(15)26-18(19)12-4-7-14(24-3)8-5-12/h4-11H,1-3H3,(H,22,23). The summed E-state index contributed by atoms with van der Waals surface area (Å²) in [4.78, 5) is 24.1. The predicted molar refractivity (Wildman–Crippen MR) is 97.2 cm³/mol. The molecule has 3 aromatic rings. The Balaban J connectivity index is 2.27. The Morgan fingerprint density at radius 2 is 1.81 bits per heavy atom. The molecule has 3 rings (SSSR count). The van der Waals surface area contributed by atoms with Gasteiger partial charge in [-0.25, -0.2) is 4.79 Å². The maximum Gasteiger partial charge on any atom is 0.335 e. The largest absolute Gasteiger partial charge is 0.497 e. The van der Waals surface area contributed by atoms with Gasteiger partial charge in [0.1, 0.15) is 11.3 Å². The Morgan fingerprint density at radius 3 is 2.38 bits per heavy atom. The van der Waals surface area contributed by atoms with Crippen molar-refractivity contribution >= 4 is 16.9 Å². The first-order valence-electron chi connectivity index (χ1n) is 8.06. The number of rotatable bonds is 5. The number of methoxy groups -OCH3 is 1. The Morgan fingerprint density at radius 1 is 1.12 bits per heavy atom. The first kappa shape index (κ1) is 17.5. The van der Waals surface area contributed by atoms with Gasteiger partial charge in [0.25, 0.3) is 0 Å². The van der Waals surface area contributed by atoms with E-state index in [1.807, 2.05) is 0 Å². The molecule has 0 spiro atoms. The summed E-state index contributed by atoms with van der Waals surface area (Å²) in [5, 5.41) is 9.32. The van der Waals surface area contributed by atoms with Crippen LogP contribution < -0.4 is 14.9 Å². The van der Waals surface area contributed by atoms with Crippen LogP contribution in [0, 0.1) is 0 Å². The quantitative estimate of drug-likeness (QED) is 0.746. The molecule has 134 valence electrons. The van der Waals surface area contributed by atoms with Crippen LogP contribution in [0.4, 0.5) is 0 Å². The molecule has 0 bridgehead atoms. The topological polar surface area (TPSA) is 86.0 Å². The summed E-state index contributed by atoms with van der Waals surface area (Å²) >= 11 is 0. The monoisotopic (exact) mass is 354 g/mol. The normalized spacial score (nSPS) is 10.9. The van der Waals surface area contributed by atoms with Gasteiger partial charge in [0, 0.05) is 5.56 Å². The molecule has 1 aromatic heterocycles. The second-order valence-electron chi connectivity index (χ2n) is 6.00. The Labute approximate surface area is 149 Å². The summed E-state index contributed by atoms with van der Waals surface area (Å²) in [6.45, 7) is 3.60. The molecule has 0 aliphatic rings. The molecule has 0 aliphatic heterocycles. The second kappa shape index (κ2) is 6.92. The number of benzene rings is 2. The number of carboxylic acid groups (broad SMARTS) is 1. The molecule has 6 nitrogen and oxygen atoms in total. The fraction of sp³-hybridized carbons (Fsp3) is 0.200. The highest BCUT2D eigenvalue weighted by Crippen LogP contribution is 2.32. The van der Waals surface area contributed by atoms with E-state index in [2.05, 4.69) is 0 Å². The maximum atomic E-state index is 13.0. The molecule has 26 heavy (non-hydrogen) atoms. The molecule has 0 unspecified atom stereocenters. The Hall–Kier alpha value is -3.28. The zero-order valence-corrected chi connectivity index (χ0v) is 14.6. The van der Waals surface area contributed by atoms with Crippen molar-refractivity contribution in [3.05, 3.63) is 58.3 Å². The van der Waals surface area contributed by atoms with E-state index in [4.69, 9.17) is 19.0 Å². The van der Waals surface area contributed by atoms with Crippen molar-refractivity contribution in [3.63, 3.8) is 0 Å². The SMILES string of the molecule is COc1ccc(-c2oc3ccc(C(=O)O)cc3c(=O)c2OC(C)C)cc1. The van der Waals surface area contributed by atoms with E-state index in [1.54, 1.807) is 45.2 Å². The zero-order chi connectivity index (χ0) is 18.8. The van der Waals surface area contributed by atoms with Crippen LogP contribution in [-0.2, 0) is 0 Å². The predicted octanol–water partition coefficient (Wildman–Crippen LogP) is 3.95. The van der Waals surface area contributed by atoms with Crippen molar-refractivity contribution in [2.24, 2.45) is 0 Å². The molecule has 1 heterocycles. The Kier molecular flexibility index (Phi) is 4.67. The van der Waals surface area contributed by atoms with Gasteiger partial charge in [-0.15, -0.1) is 0 Å². The smallest absolute Gasteiger partial charge is 0.335 e. The van der Waals surface area contributed by atoms with E-state index in [0.29, 0.717) is 22.7 Å². The lowest BCUT2D eigenvalue weighted by molar-refractivity contribution is 0.0697. The molecule has 0 saturated carbocycles. The molecule has 6 heteroatoms. The fourth-order valence-corrected chi connectivity index (χ4v) is 2.59. The van der Waals surface area contributed by atoms with E-state index in [-0.39, 0.29) is 22.8 Å². The second-order valence-corrected chi connectivity index (χ2v) is 6.00. The van der Waals surface area contributed by atoms with Crippen LogP contribution >= 0.6 is 0 Å². The average molecular weight is 354 g/mol. The van der Waals surface area contributed by atoms with E-state index in [1.165, 1.54) is 18.2 Å². The summed E-state index contributed by atoms with van der Waals surface area (Å²) in [5.41, 5.74) is 0.552. The van der Waals surface area contributed by atoms with Gasteiger partial charge < -0.3 is 19.0 Å². The molecule has 2 aromatic carbocycles. The van der Waals surface area contributed by atoms with Gasteiger partial charge in [-0.05, 0) is 56.3 Å². The van der Waals surface area contributed by atoms with Crippen LogP contribution in [0.15, 0.2) is 51.7 Å². The molecule has 0 aliphatic carbocycles. The minimum atomic E-state index is -1.11. The molecule has 1 N–H and O–H groups in total. The van der Waals surface area contributed by atoms with Crippen molar-refractivity contribution in [1.82, 2.24) is 0 Å². The maximum absolute atomic E-state index is 13.0. The third-order valence-corrected chi connectivity index (χ3v) is 3.80. The highest BCUT2D eigenvalue weighted by molar-refractivity contribution is 5.93. The number of ether oxygens (including phenoxy) is 2. The van der Waals surface area contributed by atoms with Gasteiger partial charge in [-0.3, -0.25) is 4.79 Å². The lowest BCUT2D eigenvalue weighted by Gasteiger charge is -2.14. The van der Waals surface area contributed by atoms with Gasteiger partial charge >= 0.3 is 5.97 Å². The molecule has 0 fully saturated rings. The molecular weight excluding hydrogens is 336 g/mol. The summed E-state index contributed by atoms with van der Waals surface area (Å²) in [7, 11) is 1.57. The van der Waals surface area contributed by atoms with E-state index in [9.17, 15) is 9.59 Å².